The van der Waals surface area contributed by atoms with Gasteiger partial charge < -0.3 is 9.63 Å². The number of nitrogens with zero attached hydrogens (tertiary/aromatic N) is 1. The highest BCUT2D eigenvalue weighted by Crippen LogP contribution is 2.56. The van der Waals surface area contributed by atoms with Crippen molar-refractivity contribution in [3.63, 3.8) is 0 Å². The number of rotatable bonds is 0. The van der Waals surface area contributed by atoms with Gasteiger partial charge in [-0.15, -0.1) is 0 Å². The summed E-state index contributed by atoms with van der Waals surface area (Å²) in [7, 11) is 0. The van der Waals surface area contributed by atoms with Gasteiger partial charge in [0.25, 0.3) is 0 Å². The molecule has 0 radical (unpaired) electrons. The van der Waals surface area contributed by atoms with Crippen molar-refractivity contribution in [2.45, 2.75) is 58.0 Å². The lowest BCUT2D eigenvalue weighted by Crippen LogP contribution is -2.50. The zero-order valence-corrected chi connectivity index (χ0v) is 10.9. The van der Waals surface area contributed by atoms with Crippen LogP contribution in [0.5, 0.6) is 0 Å². The lowest BCUT2D eigenvalue weighted by molar-refractivity contribution is -0.0323. The zero-order valence-electron chi connectivity index (χ0n) is 10.9. The largest absolute Gasteiger partial charge is 0.393 e. The van der Waals surface area contributed by atoms with Crippen molar-refractivity contribution in [3.8, 4) is 0 Å². The molecule has 1 aromatic heterocycles. The van der Waals surface area contributed by atoms with Crippen LogP contribution in [0.1, 0.15) is 51.4 Å². The van der Waals surface area contributed by atoms with Crippen LogP contribution in [0.2, 0.25) is 0 Å². The fraction of sp³-hybridized carbons (Fsp3) is 0.786. The Balaban J connectivity index is 2.08. The summed E-state index contributed by atoms with van der Waals surface area (Å²) in [6, 6.07) is 0. The Hall–Kier alpha value is -0.830. The van der Waals surface area contributed by atoms with Gasteiger partial charge in [-0.25, -0.2) is 0 Å². The van der Waals surface area contributed by atoms with Crippen molar-refractivity contribution in [2.24, 2.45) is 11.3 Å². The third-order valence-corrected chi connectivity index (χ3v) is 5.03. The van der Waals surface area contributed by atoms with Crippen molar-refractivity contribution < 1.29 is 9.63 Å². The van der Waals surface area contributed by atoms with Gasteiger partial charge in [0.2, 0.25) is 0 Å². The summed E-state index contributed by atoms with van der Waals surface area (Å²) in [6.07, 6.45) is 5.65. The fourth-order valence-electron chi connectivity index (χ4n) is 4.43. The van der Waals surface area contributed by atoms with Gasteiger partial charge in [0.05, 0.1) is 12.3 Å². The topological polar surface area (TPSA) is 46.3 Å². The summed E-state index contributed by atoms with van der Waals surface area (Å²) in [6.45, 7) is 6.84. The maximum Gasteiger partial charge on any atom is 0.145 e. The van der Waals surface area contributed by atoms with E-state index in [0.717, 1.165) is 31.4 Å². The molecule has 0 spiro atoms. The van der Waals surface area contributed by atoms with Gasteiger partial charge in [0.15, 0.2) is 0 Å². The smallest absolute Gasteiger partial charge is 0.145 e. The maximum absolute atomic E-state index is 9.94. The maximum atomic E-state index is 9.94. The van der Waals surface area contributed by atoms with E-state index in [2.05, 4.69) is 25.9 Å². The Bertz CT molecular complexity index is 437. The summed E-state index contributed by atoms with van der Waals surface area (Å²) in [5.74, 6) is 1.65. The molecule has 3 atom stereocenters. The van der Waals surface area contributed by atoms with E-state index in [9.17, 15) is 5.11 Å². The third-order valence-electron chi connectivity index (χ3n) is 5.03. The van der Waals surface area contributed by atoms with Crippen LogP contribution >= 0.6 is 0 Å². The van der Waals surface area contributed by atoms with Gasteiger partial charge in [0.1, 0.15) is 5.76 Å². The Morgan fingerprint density at radius 3 is 2.88 bits per heavy atom. The first-order valence-electron chi connectivity index (χ1n) is 6.55. The van der Waals surface area contributed by atoms with E-state index in [-0.39, 0.29) is 16.9 Å². The van der Waals surface area contributed by atoms with Crippen LogP contribution in [0.15, 0.2) is 10.7 Å². The minimum absolute atomic E-state index is 0.0406. The van der Waals surface area contributed by atoms with Crippen LogP contribution in [0, 0.1) is 11.3 Å². The Morgan fingerprint density at radius 1 is 1.35 bits per heavy atom. The summed E-state index contributed by atoms with van der Waals surface area (Å²) >= 11 is 0. The number of aromatic nitrogens is 1. The molecule has 1 saturated carbocycles. The highest BCUT2D eigenvalue weighted by molar-refractivity contribution is 5.30. The number of hydrogen-bond acceptors (Lipinski definition) is 3. The predicted octanol–water partition coefficient (Wildman–Crippen LogP) is 2.68. The second-order valence-electron chi connectivity index (χ2n) is 6.72. The molecule has 17 heavy (non-hydrogen) atoms. The number of aliphatic hydroxyl groups is 1. The van der Waals surface area contributed by atoms with E-state index in [1.807, 2.05) is 6.20 Å². The van der Waals surface area contributed by atoms with Crippen molar-refractivity contribution in [1.29, 1.82) is 0 Å². The van der Waals surface area contributed by atoms with E-state index < -0.39 is 0 Å². The third kappa shape index (κ3) is 1.48. The molecular weight excluding hydrogens is 214 g/mol. The first kappa shape index (κ1) is 11.3. The summed E-state index contributed by atoms with van der Waals surface area (Å²) in [5, 5.41) is 13.9. The van der Waals surface area contributed by atoms with E-state index in [1.54, 1.807) is 0 Å². The van der Waals surface area contributed by atoms with Crippen LogP contribution in [0.25, 0.3) is 0 Å². The van der Waals surface area contributed by atoms with Gasteiger partial charge in [-0.1, -0.05) is 25.9 Å². The average molecular weight is 235 g/mol. The molecule has 3 nitrogen and oxygen atoms in total. The lowest BCUT2D eigenvalue weighted by atomic mass is 9.51. The monoisotopic (exact) mass is 235 g/mol. The van der Waals surface area contributed by atoms with Crippen molar-refractivity contribution >= 4 is 0 Å². The average Bonchev–Trinajstić information content (AvgIpc) is 2.64. The molecule has 0 bridgehead atoms. The number of hydrogen-bond donors (Lipinski definition) is 1. The molecular formula is C14H21NO2. The van der Waals surface area contributed by atoms with Crippen LogP contribution in [0.4, 0.5) is 0 Å². The van der Waals surface area contributed by atoms with Crippen LogP contribution in [-0.2, 0) is 11.8 Å². The Morgan fingerprint density at radius 2 is 2.12 bits per heavy atom. The Kier molecular flexibility index (Phi) is 2.22. The van der Waals surface area contributed by atoms with Crippen LogP contribution < -0.4 is 0 Å². The number of fused-ring (bicyclic) bond motifs is 2. The minimum atomic E-state index is -0.131. The van der Waals surface area contributed by atoms with Gasteiger partial charge in [0, 0.05) is 11.0 Å². The first-order chi connectivity index (χ1) is 7.93. The molecule has 0 amide bonds. The van der Waals surface area contributed by atoms with Gasteiger partial charge in [-0.05, 0) is 37.0 Å². The fourth-order valence-corrected chi connectivity index (χ4v) is 4.43. The molecule has 1 fully saturated rings. The number of aliphatic hydroxyl groups excluding tert-OH is 1. The van der Waals surface area contributed by atoms with E-state index >= 15 is 0 Å². The molecule has 0 saturated heterocycles. The molecule has 1 aromatic rings. The standard InChI is InChI=1S/C14H21NO2/c1-13(2)11-5-4-10(16)7-14(11,3)6-9-8-15-17-12(9)13/h8,10-11,16H,4-7H2,1-3H3/t10-,11-,14+/m0/s1. The van der Waals surface area contributed by atoms with Gasteiger partial charge >= 0.3 is 0 Å². The molecule has 1 N–H and O–H groups in total. The molecule has 0 unspecified atom stereocenters. The lowest BCUT2D eigenvalue weighted by Gasteiger charge is -2.53. The highest BCUT2D eigenvalue weighted by atomic mass is 16.5. The molecule has 2 aliphatic rings. The van der Waals surface area contributed by atoms with E-state index in [4.69, 9.17) is 4.52 Å². The Labute approximate surface area is 102 Å². The normalized spacial score (nSPS) is 39.5. The van der Waals surface area contributed by atoms with Crippen LogP contribution in [-0.4, -0.2) is 16.4 Å². The second-order valence-corrected chi connectivity index (χ2v) is 6.72. The summed E-state index contributed by atoms with van der Waals surface area (Å²) in [5.41, 5.74) is 1.47. The molecule has 94 valence electrons. The van der Waals surface area contributed by atoms with E-state index in [0.29, 0.717) is 5.92 Å². The quantitative estimate of drug-likeness (QED) is 0.752. The highest BCUT2D eigenvalue weighted by Gasteiger charge is 2.53. The van der Waals surface area contributed by atoms with Crippen molar-refractivity contribution in [3.05, 3.63) is 17.5 Å². The SMILES string of the molecule is CC1(C)c2oncc2C[C@]2(C)C[C@@H](O)CC[C@@H]12. The predicted molar refractivity (Wildman–Crippen MR) is 64.7 cm³/mol. The molecule has 3 heteroatoms. The zero-order chi connectivity index (χ0) is 12.3. The summed E-state index contributed by atoms with van der Waals surface area (Å²) in [4.78, 5) is 0. The summed E-state index contributed by atoms with van der Waals surface area (Å²) < 4.78 is 5.48. The molecule has 1 heterocycles. The first-order valence-corrected chi connectivity index (χ1v) is 6.55. The molecule has 2 aliphatic carbocycles. The van der Waals surface area contributed by atoms with Gasteiger partial charge in [-0.3, -0.25) is 0 Å². The van der Waals surface area contributed by atoms with Crippen LogP contribution in [0.3, 0.4) is 0 Å². The molecule has 0 aliphatic heterocycles. The van der Waals surface area contributed by atoms with Crippen molar-refractivity contribution in [1.82, 2.24) is 5.16 Å². The molecule has 0 aromatic carbocycles. The second kappa shape index (κ2) is 3.35. The van der Waals surface area contributed by atoms with E-state index in [1.165, 1.54) is 5.56 Å². The van der Waals surface area contributed by atoms with Crippen molar-refractivity contribution in [2.75, 3.05) is 0 Å². The molecule has 3 rings (SSSR count). The van der Waals surface area contributed by atoms with Gasteiger partial charge in [-0.2, -0.15) is 0 Å². The minimum Gasteiger partial charge on any atom is -0.393 e.